The molecule has 1 aliphatic rings. The van der Waals surface area contributed by atoms with Gasteiger partial charge in [0.1, 0.15) is 0 Å². The fraction of sp³-hybridized carbons (Fsp3) is 0.167. The summed E-state index contributed by atoms with van der Waals surface area (Å²) in [4.78, 5) is 16.3. The highest BCUT2D eigenvalue weighted by Crippen LogP contribution is 2.35. The highest BCUT2D eigenvalue weighted by atomic mass is 16.7. The number of fused-ring (bicyclic) bond motifs is 1. The van der Waals surface area contributed by atoms with Crippen molar-refractivity contribution >= 4 is 5.91 Å². The van der Waals surface area contributed by atoms with Crippen LogP contribution in [0.4, 0.5) is 0 Å². The molecule has 1 amide bonds. The molecule has 0 atom stereocenters. The van der Waals surface area contributed by atoms with Crippen LogP contribution in [0.15, 0.2) is 53.1 Å². The summed E-state index contributed by atoms with van der Waals surface area (Å²) < 4.78 is 15.8. The van der Waals surface area contributed by atoms with Gasteiger partial charge in [-0.05, 0) is 30.2 Å². The number of nitrogens with zero attached hydrogens (tertiary/aromatic N) is 2. The molecule has 1 N–H and O–H groups in total. The zero-order valence-corrected chi connectivity index (χ0v) is 13.3. The number of hydrogen-bond acceptors (Lipinski definition) is 6. The minimum Gasteiger partial charge on any atom is -0.454 e. The predicted molar refractivity (Wildman–Crippen MR) is 88.3 cm³/mol. The van der Waals surface area contributed by atoms with Crippen molar-refractivity contribution in [3.8, 4) is 23.0 Å². The minimum absolute atomic E-state index is 0.000675. The van der Waals surface area contributed by atoms with E-state index < -0.39 is 0 Å². The van der Waals surface area contributed by atoms with E-state index in [0.29, 0.717) is 23.6 Å². The topological polar surface area (TPSA) is 86.5 Å². The highest BCUT2D eigenvalue weighted by molar-refractivity contribution is 5.90. The maximum Gasteiger partial charge on any atom is 0.292 e. The third-order valence-electron chi connectivity index (χ3n) is 3.79. The van der Waals surface area contributed by atoms with Gasteiger partial charge in [-0.1, -0.05) is 35.5 Å². The summed E-state index contributed by atoms with van der Waals surface area (Å²) in [6.45, 7) is 0.689. The van der Waals surface area contributed by atoms with E-state index in [1.165, 1.54) is 0 Å². The molecular weight excluding hydrogens is 322 g/mol. The number of nitrogens with one attached hydrogen (secondary N) is 1. The summed E-state index contributed by atoms with van der Waals surface area (Å²) in [5, 5.41) is 6.53. The molecule has 3 aromatic rings. The van der Waals surface area contributed by atoms with Gasteiger partial charge in [0, 0.05) is 12.1 Å². The van der Waals surface area contributed by atoms with Crippen LogP contribution in [0.5, 0.6) is 11.5 Å². The van der Waals surface area contributed by atoms with Crippen LogP contribution in [-0.4, -0.2) is 29.4 Å². The molecule has 0 aliphatic carbocycles. The number of ether oxygens (including phenoxy) is 2. The molecule has 2 heterocycles. The molecule has 0 bridgehead atoms. The van der Waals surface area contributed by atoms with E-state index in [4.69, 9.17) is 14.0 Å². The van der Waals surface area contributed by atoms with Crippen LogP contribution >= 0.6 is 0 Å². The van der Waals surface area contributed by atoms with E-state index >= 15 is 0 Å². The Labute approximate surface area is 143 Å². The van der Waals surface area contributed by atoms with E-state index in [0.717, 1.165) is 12.0 Å². The van der Waals surface area contributed by atoms with Gasteiger partial charge in [-0.3, -0.25) is 4.79 Å². The summed E-state index contributed by atoms with van der Waals surface area (Å²) in [5.74, 6) is 1.17. The Balaban J connectivity index is 1.39. The molecule has 25 heavy (non-hydrogen) atoms. The average molecular weight is 337 g/mol. The highest BCUT2D eigenvalue weighted by Gasteiger charge is 2.19. The van der Waals surface area contributed by atoms with Crippen molar-refractivity contribution in [1.82, 2.24) is 15.5 Å². The molecule has 7 heteroatoms. The zero-order valence-electron chi connectivity index (χ0n) is 13.3. The fourth-order valence-electron chi connectivity index (χ4n) is 2.51. The first-order valence-electron chi connectivity index (χ1n) is 7.85. The van der Waals surface area contributed by atoms with Gasteiger partial charge in [-0.15, -0.1) is 0 Å². The van der Waals surface area contributed by atoms with Gasteiger partial charge in [-0.25, -0.2) is 0 Å². The first-order chi connectivity index (χ1) is 12.3. The van der Waals surface area contributed by atoms with E-state index in [1.54, 1.807) is 18.2 Å². The van der Waals surface area contributed by atoms with Crippen LogP contribution in [0, 0.1) is 0 Å². The molecule has 0 saturated heterocycles. The minimum atomic E-state index is -0.369. The quantitative estimate of drug-likeness (QED) is 0.769. The Morgan fingerprint density at radius 1 is 1.08 bits per heavy atom. The van der Waals surface area contributed by atoms with E-state index in [-0.39, 0.29) is 24.4 Å². The summed E-state index contributed by atoms with van der Waals surface area (Å²) in [7, 11) is 0. The molecule has 0 saturated carbocycles. The summed E-state index contributed by atoms with van der Waals surface area (Å²) in [6, 6.07) is 15.2. The van der Waals surface area contributed by atoms with Gasteiger partial charge in [0.05, 0.1) is 0 Å². The molecule has 4 rings (SSSR count). The molecule has 0 spiro atoms. The molecule has 0 fully saturated rings. The molecular formula is C18H15N3O4. The Kier molecular flexibility index (Phi) is 4.04. The summed E-state index contributed by atoms with van der Waals surface area (Å²) in [6.07, 6.45) is 0.736. The number of amides is 1. The number of carbonyl (C=O) groups excluding carboxylic acids is 1. The van der Waals surface area contributed by atoms with Crippen LogP contribution < -0.4 is 14.8 Å². The zero-order chi connectivity index (χ0) is 17.1. The number of aromatic nitrogens is 2. The average Bonchev–Trinajstić information content (AvgIpc) is 3.31. The van der Waals surface area contributed by atoms with Crippen molar-refractivity contribution in [2.45, 2.75) is 6.42 Å². The van der Waals surface area contributed by atoms with Crippen LogP contribution in [0.2, 0.25) is 0 Å². The summed E-state index contributed by atoms with van der Waals surface area (Å²) >= 11 is 0. The second-order valence-corrected chi connectivity index (χ2v) is 5.48. The summed E-state index contributed by atoms with van der Waals surface area (Å²) in [5.41, 5.74) is 1.82. The third-order valence-corrected chi connectivity index (χ3v) is 3.79. The Bertz CT molecular complexity index is 892. The van der Waals surface area contributed by atoms with Crippen LogP contribution in [0.25, 0.3) is 11.5 Å². The molecule has 1 aromatic heterocycles. The lowest BCUT2D eigenvalue weighted by molar-refractivity contribution is 0.0941. The van der Waals surface area contributed by atoms with Crippen LogP contribution in [0.1, 0.15) is 16.2 Å². The second-order valence-electron chi connectivity index (χ2n) is 5.48. The van der Waals surface area contributed by atoms with Crippen molar-refractivity contribution in [3.63, 3.8) is 0 Å². The Morgan fingerprint density at radius 2 is 1.92 bits per heavy atom. The maximum absolute atomic E-state index is 12.1. The van der Waals surface area contributed by atoms with Crippen molar-refractivity contribution in [3.05, 3.63) is 59.9 Å². The smallest absolute Gasteiger partial charge is 0.292 e. The predicted octanol–water partition coefficient (Wildman–Crippen LogP) is 2.44. The third kappa shape index (κ3) is 3.30. The van der Waals surface area contributed by atoms with Gasteiger partial charge >= 0.3 is 0 Å². The van der Waals surface area contributed by atoms with E-state index in [9.17, 15) is 4.79 Å². The van der Waals surface area contributed by atoms with Crippen LogP contribution in [-0.2, 0) is 6.42 Å². The molecule has 0 unspecified atom stereocenters. The van der Waals surface area contributed by atoms with Crippen molar-refractivity contribution in [1.29, 1.82) is 0 Å². The number of carbonyl (C=O) groups is 1. The van der Waals surface area contributed by atoms with Gasteiger partial charge in [0.25, 0.3) is 17.6 Å². The lowest BCUT2D eigenvalue weighted by Gasteiger charge is -2.02. The largest absolute Gasteiger partial charge is 0.454 e. The van der Waals surface area contributed by atoms with E-state index in [2.05, 4.69) is 15.5 Å². The van der Waals surface area contributed by atoms with Gasteiger partial charge in [0.15, 0.2) is 11.5 Å². The Morgan fingerprint density at radius 3 is 2.80 bits per heavy atom. The standard InChI is InChI=1S/C18H15N3O4/c22-17(19-9-8-12-4-2-1-3-5-12)16-20-18(25-21-16)13-6-7-14-15(10-13)24-11-23-14/h1-7,10H,8-9,11H2,(H,19,22). The number of hydrogen-bond donors (Lipinski definition) is 1. The molecule has 0 radical (unpaired) electrons. The SMILES string of the molecule is O=C(NCCc1ccccc1)c1noc(-c2ccc3c(c2)OCO3)n1. The molecule has 7 nitrogen and oxygen atoms in total. The van der Waals surface area contributed by atoms with Crippen molar-refractivity contribution < 1.29 is 18.8 Å². The first-order valence-corrected chi connectivity index (χ1v) is 7.85. The monoisotopic (exact) mass is 337 g/mol. The second kappa shape index (κ2) is 6.64. The van der Waals surface area contributed by atoms with Crippen molar-refractivity contribution in [2.24, 2.45) is 0 Å². The van der Waals surface area contributed by atoms with Gasteiger partial charge in [0.2, 0.25) is 6.79 Å². The lowest BCUT2D eigenvalue weighted by atomic mass is 10.1. The maximum atomic E-state index is 12.1. The first kappa shape index (κ1) is 15.2. The normalized spacial score (nSPS) is 12.2. The fourth-order valence-corrected chi connectivity index (χ4v) is 2.51. The van der Waals surface area contributed by atoms with Gasteiger partial charge in [-0.2, -0.15) is 4.98 Å². The molecule has 126 valence electrons. The molecule has 1 aliphatic heterocycles. The Hall–Kier alpha value is -3.35. The van der Waals surface area contributed by atoms with E-state index in [1.807, 2.05) is 30.3 Å². The lowest BCUT2D eigenvalue weighted by Crippen LogP contribution is -2.26. The van der Waals surface area contributed by atoms with Gasteiger partial charge < -0.3 is 19.3 Å². The van der Waals surface area contributed by atoms with Crippen molar-refractivity contribution in [2.75, 3.05) is 13.3 Å². The van der Waals surface area contributed by atoms with Crippen LogP contribution in [0.3, 0.4) is 0 Å². The number of rotatable bonds is 5. The molecule has 2 aromatic carbocycles. The number of benzene rings is 2.